The molecule has 0 saturated carbocycles. The third kappa shape index (κ3) is 5.82. The van der Waals surface area contributed by atoms with Crippen LogP contribution in [0.5, 0.6) is 5.75 Å². The summed E-state index contributed by atoms with van der Waals surface area (Å²) in [6.07, 6.45) is 1.76. The van der Waals surface area contributed by atoms with Gasteiger partial charge in [0.1, 0.15) is 23.4 Å². The Balaban J connectivity index is 1.64. The summed E-state index contributed by atoms with van der Waals surface area (Å²) in [6.45, 7) is 3.45. The van der Waals surface area contributed by atoms with E-state index in [9.17, 15) is 9.18 Å². The maximum atomic E-state index is 14.5. The third-order valence-electron chi connectivity index (χ3n) is 7.65. The van der Waals surface area contributed by atoms with Crippen LogP contribution in [0.15, 0.2) is 71.7 Å². The Morgan fingerprint density at radius 2 is 1.57 bits per heavy atom. The average molecular weight is 584 g/mol. The minimum Gasteiger partial charge on any atom is -0.493 e. The number of benzene rings is 3. The molecule has 0 aliphatic carbocycles. The van der Waals surface area contributed by atoms with Gasteiger partial charge in [0.15, 0.2) is 0 Å². The van der Waals surface area contributed by atoms with Crippen LogP contribution in [0.25, 0.3) is 0 Å². The minimum atomic E-state index is -0.466. The SMILES string of the molecule is CCOc1cc(F)ccc1C1=NC(c2ccc(Cl)cc2)C(c2ccc(Cl)cc2)N1C(=O)N1CCC(N(C)C)CC1. The molecule has 0 bridgehead atoms. The monoisotopic (exact) mass is 582 g/mol. The summed E-state index contributed by atoms with van der Waals surface area (Å²) >= 11 is 12.5. The van der Waals surface area contributed by atoms with Crippen molar-refractivity contribution >= 4 is 35.1 Å². The predicted octanol–water partition coefficient (Wildman–Crippen LogP) is 7.22. The van der Waals surface area contributed by atoms with E-state index in [-0.39, 0.29) is 6.03 Å². The van der Waals surface area contributed by atoms with Gasteiger partial charge in [-0.15, -0.1) is 0 Å². The first-order valence-electron chi connectivity index (χ1n) is 13.5. The lowest BCUT2D eigenvalue weighted by atomic mass is 9.93. The summed E-state index contributed by atoms with van der Waals surface area (Å²) in [5.74, 6) is 0.373. The molecule has 1 saturated heterocycles. The Morgan fingerprint density at radius 3 is 2.15 bits per heavy atom. The molecule has 2 atom stereocenters. The molecule has 6 nitrogen and oxygen atoms in total. The Morgan fingerprint density at radius 1 is 0.975 bits per heavy atom. The molecule has 0 spiro atoms. The Hall–Kier alpha value is -3.13. The highest BCUT2D eigenvalue weighted by Gasteiger charge is 2.45. The molecule has 2 heterocycles. The first-order chi connectivity index (χ1) is 19.3. The summed E-state index contributed by atoms with van der Waals surface area (Å²) in [5, 5.41) is 1.22. The van der Waals surface area contributed by atoms with E-state index in [0.29, 0.717) is 52.9 Å². The number of piperidine rings is 1. The largest absolute Gasteiger partial charge is 0.493 e. The van der Waals surface area contributed by atoms with Gasteiger partial charge >= 0.3 is 6.03 Å². The van der Waals surface area contributed by atoms with Gasteiger partial charge in [-0.3, -0.25) is 9.89 Å². The molecular weight excluding hydrogens is 550 g/mol. The molecule has 2 amide bonds. The van der Waals surface area contributed by atoms with Crippen LogP contribution in [0.2, 0.25) is 10.0 Å². The molecule has 210 valence electrons. The highest BCUT2D eigenvalue weighted by molar-refractivity contribution is 6.30. The molecule has 5 rings (SSSR count). The van der Waals surface area contributed by atoms with Crippen molar-refractivity contribution in [2.45, 2.75) is 37.9 Å². The Labute approximate surface area is 245 Å². The lowest BCUT2D eigenvalue weighted by Gasteiger charge is -2.39. The first kappa shape index (κ1) is 28.4. The van der Waals surface area contributed by atoms with Gasteiger partial charge in [-0.05, 0) is 81.4 Å². The fourth-order valence-electron chi connectivity index (χ4n) is 5.54. The Bertz CT molecular complexity index is 1370. The highest BCUT2D eigenvalue weighted by atomic mass is 35.5. The molecule has 9 heteroatoms. The molecule has 0 radical (unpaired) electrons. The van der Waals surface area contributed by atoms with Gasteiger partial charge in [0.2, 0.25) is 0 Å². The number of ether oxygens (including phenoxy) is 1. The van der Waals surface area contributed by atoms with E-state index in [1.165, 1.54) is 12.1 Å². The van der Waals surface area contributed by atoms with Crippen LogP contribution >= 0.6 is 23.2 Å². The van der Waals surface area contributed by atoms with Crippen LogP contribution in [0.1, 0.15) is 48.5 Å². The summed E-state index contributed by atoms with van der Waals surface area (Å²) in [7, 11) is 4.15. The van der Waals surface area contributed by atoms with E-state index in [2.05, 4.69) is 19.0 Å². The van der Waals surface area contributed by atoms with E-state index in [4.69, 9.17) is 32.9 Å². The van der Waals surface area contributed by atoms with Crippen molar-refractivity contribution in [2.75, 3.05) is 33.8 Å². The lowest BCUT2D eigenvalue weighted by Crippen LogP contribution is -2.51. The van der Waals surface area contributed by atoms with Crippen LogP contribution < -0.4 is 4.74 Å². The third-order valence-corrected chi connectivity index (χ3v) is 8.15. The molecule has 2 aliphatic heterocycles. The number of hydrogen-bond donors (Lipinski definition) is 0. The molecule has 0 aromatic heterocycles. The molecule has 40 heavy (non-hydrogen) atoms. The van der Waals surface area contributed by atoms with Gasteiger partial charge in [-0.2, -0.15) is 0 Å². The van der Waals surface area contributed by atoms with Crippen molar-refractivity contribution in [3.63, 3.8) is 0 Å². The molecule has 1 fully saturated rings. The maximum Gasteiger partial charge on any atom is 0.326 e. The number of carbonyl (C=O) groups excluding carboxylic acids is 1. The number of aliphatic imine (C=N–C) groups is 1. The summed E-state index contributed by atoms with van der Waals surface area (Å²) in [4.78, 5) is 25.5. The van der Waals surface area contributed by atoms with E-state index in [1.807, 2.05) is 60.4 Å². The zero-order chi connectivity index (χ0) is 28.4. The number of carbonyl (C=O) groups is 1. The van der Waals surface area contributed by atoms with Crippen LogP contribution in [-0.4, -0.2) is 66.4 Å². The molecule has 3 aromatic carbocycles. The van der Waals surface area contributed by atoms with Crippen molar-refractivity contribution in [2.24, 2.45) is 4.99 Å². The van der Waals surface area contributed by atoms with Crippen LogP contribution in [0.4, 0.5) is 9.18 Å². The van der Waals surface area contributed by atoms with Crippen LogP contribution in [0.3, 0.4) is 0 Å². The summed E-state index contributed by atoms with van der Waals surface area (Å²) < 4.78 is 20.2. The standard InChI is InChI=1S/C31H33Cl2FN4O2/c1-4-40-27-19-24(34)13-14-26(27)30-35-28(20-5-9-22(32)10-6-20)29(21-7-11-23(33)12-8-21)38(30)31(39)37-17-15-25(16-18-37)36(2)3/h5-14,19,25,28-29H,4,15-18H2,1-3H3. The zero-order valence-corrected chi connectivity index (χ0v) is 24.4. The topological polar surface area (TPSA) is 48.4 Å². The Kier molecular flexibility index (Phi) is 8.64. The number of rotatable bonds is 6. The van der Waals surface area contributed by atoms with Gasteiger partial charge in [-0.25, -0.2) is 9.18 Å². The minimum absolute atomic E-state index is 0.140. The van der Waals surface area contributed by atoms with E-state index < -0.39 is 17.9 Å². The van der Waals surface area contributed by atoms with Crippen molar-refractivity contribution in [1.82, 2.24) is 14.7 Å². The fourth-order valence-corrected chi connectivity index (χ4v) is 5.79. The number of likely N-dealkylation sites (tertiary alicyclic amines) is 1. The molecule has 2 unspecified atom stereocenters. The molecular formula is C31H33Cl2FN4O2. The number of hydrogen-bond acceptors (Lipinski definition) is 4. The quantitative estimate of drug-likeness (QED) is 0.308. The lowest BCUT2D eigenvalue weighted by molar-refractivity contribution is 0.127. The number of urea groups is 1. The smallest absolute Gasteiger partial charge is 0.326 e. The van der Waals surface area contributed by atoms with Crippen molar-refractivity contribution < 1.29 is 13.9 Å². The average Bonchev–Trinajstić information content (AvgIpc) is 3.34. The first-order valence-corrected chi connectivity index (χ1v) is 14.3. The maximum absolute atomic E-state index is 14.5. The van der Waals surface area contributed by atoms with E-state index >= 15 is 0 Å². The normalized spacial score (nSPS) is 19.7. The van der Waals surface area contributed by atoms with Crippen LogP contribution in [0, 0.1) is 5.82 Å². The van der Waals surface area contributed by atoms with Crippen molar-refractivity contribution in [3.8, 4) is 5.75 Å². The molecule has 0 N–H and O–H groups in total. The second-order valence-electron chi connectivity index (χ2n) is 10.4. The predicted molar refractivity (Wildman–Crippen MR) is 158 cm³/mol. The van der Waals surface area contributed by atoms with Crippen molar-refractivity contribution in [1.29, 1.82) is 0 Å². The second kappa shape index (κ2) is 12.2. The summed E-state index contributed by atoms with van der Waals surface area (Å²) in [6, 6.07) is 18.8. The van der Waals surface area contributed by atoms with Gasteiger partial charge in [0.05, 0.1) is 18.2 Å². The highest BCUT2D eigenvalue weighted by Crippen LogP contribution is 2.45. The van der Waals surface area contributed by atoms with Gasteiger partial charge in [0.25, 0.3) is 0 Å². The van der Waals surface area contributed by atoms with Crippen LogP contribution in [-0.2, 0) is 0 Å². The number of halogens is 3. The molecule has 2 aliphatic rings. The molecule has 3 aromatic rings. The van der Waals surface area contributed by atoms with E-state index in [1.54, 1.807) is 11.0 Å². The zero-order valence-electron chi connectivity index (χ0n) is 22.9. The van der Waals surface area contributed by atoms with Gasteiger partial charge in [0, 0.05) is 35.2 Å². The second-order valence-corrected chi connectivity index (χ2v) is 11.2. The van der Waals surface area contributed by atoms with E-state index in [0.717, 1.165) is 24.0 Å². The number of amidine groups is 1. The number of nitrogens with zero attached hydrogens (tertiary/aromatic N) is 4. The number of amides is 2. The van der Waals surface area contributed by atoms with Crippen molar-refractivity contribution in [3.05, 3.63) is 99.3 Å². The fraction of sp³-hybridized carbons (Fsp3) is 0.355. The van der Waals surface area contributed by atoms with Gasteiger partial charge in [-0.1, -0.05) is 47.5 Å². The van der Waals surface area contributed by atoms with Gasteiger partial charge < -0.3 is 14.5 Å². The summed E-state index contributed by atoms with van der Waals surface area (Å²) in [5.41, 5.74) is 2.36.